The van der Waals surface area contributed by atoms with Crippen LogP contribution in [0.15, 0.2) is 35.3 Å². The molecule has 8 nitrogen and oxygen atoms in total. The van der Waals surface area contributed by atoms with E-state index in [9.17, 15) is 10.1 Å². The number of methoxy groups -OCH3 is 2. The molecule has 1 saturated heterocycles. The molecule has 1 fully saturated rings. The Morgan fingerprint density at radius 2 is 1.70 bits per heavy atom. The number of hydrogen-bond donors (Lipinski definition) is 0. The zero-order chi connectivity index (χ0) is 21.3. The number of aliphatic imine (C=N–C) groups is 1. The number of fused-ring (bicyclic) bond motifs is 1. The molecule has 0 spiro atoms. The van der Waals surface area contributed by atoms with Crippen LogP contribution in [-0.4, -0.2) is 69.5 Å². The minimum atomic E-state index is -0.351. The Morgan fingerprint density at radius 1 is 1.00 bits per heavy atom. The molecule has 0 aromatic heterocycles. The minimum absolute atomic E-state index is 0.0678. The summed E-state index contributed by atoms with van der Waals surface area (Å²) in [6.45, 7) is 4.26. The summed E-state index contributed by atoms with van der Waals surface area (Å²) in [6, 6.07) is 9.00. The van der Waals surface area contributed by atoms with E-state index in [0.29, 0.717) is 18.0 Å². The first kappa shape index (κ1) is 20.2. The van der Waals surface area contributed by atoms with Gasteiger partial charge < -0.3 is 19.3 Å². The third-order valence-electron chi connectivity index (χ3n) is 5.81. The Balaban J connectivity index is 1.84. The van der Waals surface area contributed by atoms with Crippen molar-refractivity contribution >= 4 is 17.1 Å². The molecular weight excluding hydrogens is 384 g/mol. The summed E-state index contributed by atoms with van der Waals surface area (Å²) >= 11 is 0. The quantitative estimate of drug-likeness (QED) is 0.557. The second-order valence-electron chi connectivity index (χ2n) is 7.59. The lowest BCUT2D eigenvalue weighted by molar-refractivity contribution is -0.384. The molecule has 0 saturated carbocycles. The number of likely N-dealkylation sites (N-methyl/N-ethyl adjacent to an activating group) is 1. The van der Waals surface area contributed by atoms with Gasteiger partial charge in [0.2, 0.25) is 0 Å². The first-order valence-corrected chi connectivity index (χ1v) is 10.0. The van der Waals surface area contributed by atoms with Gasteiger partial charge in [0.15, 0.2) is 11.5 Å². The molecule has 30 heavy (non-hydrogen) atoms. The molecule has 0 amide bonds. The normalized spacial score (nSPS) is 16.6. The lowest BCUT2D eigenvalue weighted by Gasteiger charge is -2.35. The van der Waals surface area contributed by atoms with Crippen LogP contribution in [0.1, 0.15) is 16.7 Å². The van der Waals surface area contributed by atoms with E-state index in [1.165, 1.54) is 0 Å². The van der Waals surface area contributed by atoms with E-state index in [4.69, 9.17) is 14.5 Å². The largest absolute Gasteiger partial charge is 0.493 e. The Bertz CT molecular complexity index is 997. The highest BCUT2D eigenvalue weighted by Crippen LogP contribution is 2.36. The SMILES string of the molecule is COc1cc2c(cc1OC)C(c1cc([N+](=O)[O-])ccc1N1CCN(C)CC1)=NCC2. The van der Waals surface area contributed by atoms with Crippen molar-refractivity contribution in [3.63, 3.8) is 0 Å². The summed E-state index contributed by atoms with van der Waals surface area (Å²) in [6.07, 6.45) is 0.790. The highest BCUT2D eigenvalue weighted by Gasteiger charge is 2.26. The molecule has 2 aliphatic heterocycles. The van der Waals surface area contributed by atoms with Crippen LogP contribution in [0.25, 0.3) is 0 Å². The van der Waals surface area contributed by atoms with E-state index in [-0.39, 0.29) is 10.6 Å². The van der Waals surface area contributed by atoms with Crippen LogP contribution >= 0.6 is 0 Å². The fourth-order valence-electron chi connectivity index (χ4n) is 4.10. The lowest BCUT2D eigenvalue weighted by Crippen LogP contribution is -2.45. The maximum atomic E-state index is 11.5. The van der Waals surface area contributed by atoms with Gasteiger partial charge in [-0.1, -0.05) is 0 Å². The van der Waals surface area contributed by atoms with Gasteiger partial charge in [0.1, 0.15) is 0 Å². The van der Waals surface area contributed by atoms with Gasteiger partial charge in [-0.3, -0.25) is 15.1 Å². The summed E-state index contributed by atoms with van der Waals surface area (Å²) < 4.78 is 11.0. The molecule has 0 radical (unpaired) electrons. The summed E-state index contributed by atoms with van der Waals surface area (Å²) in [4.78, 5) is 20.5. The lowest BCUT2D eigenvalue weighted by atomic mass is 9.91. The smallest absolute Gasteiger partial charge is 0.270 e. The first-order valence-electron chi connectivity index (χ1n) is 10.0. The van der Waals surface area contributed by atoms with Gasteiger partial charge >= 0.3 is 0 Å². The first-order chi connectivity index (χ1) is 14.5. The summed E-state index contributed by atoms with van der Waals surface area (Å²) in [5, 5.41) is 11.5. The molecule has 0 N–H and O–H groups in total. The Morgan fingerprint density at radius 3 is 2.37 bits per heavy atom. The molecule has 2 aliphatic rings. The van der Waals surface area contributed by atoms with E-state index in [1.807, 2.05) is 18.2 Å². The Hall–Kier alpha value is -3.13. The van der Waals surface area contributed by atoms with E-state index < -0.39 is 0 Å². The van der Waals surface area contributed by atoms with Crippen molar-refractivity contribution in [2.75, 3.05) is 58.9 Å². The van der Waals surface area contributed by atoms with E-state index in [2.05, 4.69) is 16.8 Å². The van der Waals surface area contributed by atoms with Crippen molar-refractivity contribution in [3.05, 3.63) is 57.1 Å². The maximum Gasteiger partial charge on any atom is 0.270 e. The van der Waals surface area contributed by atoms with E-state index in [0.717, 1.165) is 60.7 Å². The topological polar surface area (TPSA) is 80.4 Å². The number of rotatable bonds is 5. The summed E-state index contributed by atoms with van der Waals surface area (Å²) in [5.74, 6) is 1.30. The van der Waals surface area contributed by atoms with Gasteiger partial charge in [-0.15, -0.1) is 0 Å². The van der Waals surface area contributed by atoms with Crippen LogP contribution in [0, 0.1) is 10.1 Å². The van der Waals surface area contributed by atoms with E-state index >= 15 is 0 Å². The molecule has 0 aliphatic carbocycles. The van der Waals surface area contributed by atoms with Crippen molar-refractivity contribution in [2.24, 2.45) is 4.99 Å². The van der Waals surface area contributed by atoms with Gasteiger partial charge in [-0.05, 0) is 37.2 Å². The number of ether oxygens (including phenoxy) is 2. The van der Waals surface area contributed by atoms with Crippen LogP contribution in [0.4, 0.5) is 11.4 Å². The molecule has 2 aromatic rings. The van der Waals surface area contributed by atoms with Gasteiger partial charge in [0.05, 0.1) is 24.9 Å². The van der Waals surface area contributed by atoms with Crippen molar-refractivity contribution in [1.82, 2.24) is 4.90 Å². The van der Waals surface area contributed by atoms with Crippen LogP contribution < -0.4 is 14.4 Å². The molecule has 0 unspecified atom stereocenters. The van der Waals surface area contributed by atoms with Crippen LogP contribution in [0.2, 0.25) is 0 Å². The summed E-state index contributed by atoms with van der Waals surface area (Å²) in [5.41, 5.74) is 4.66. The van der Waals surface area contributed by atoms with Gasteiger partial charge in [0.25, 0.3) is 5.69 Å². The third-order valence-corrected chi connectivity index (χ3v) is 5.81. The monoisotopic (exact) mass is 410 g/mol. The van der Waals surface area contributed by atoms with Crippen molar-refractivity contribution in [3.8, 4) is 11.5 Å². The number of non-ortho nitro benzene ring substituents is 1. The molecule has 8 heteroatoms. The molecule has 0 atom stereocenters. The number of benzene rings is 2. The number of nitro benzene ring substituents is 1. The van der Waals surface area contributed by atoms with Crippen LogP contribution in [-0.2, 0) is 6.42 Å². The number of nitro groups is 1. The summed E-state index contributed by atoms with van der Waals surface area (Å²) in [7, 11) is 5.33. The highest BCUT2D eigenvalue weighted by atomic mass is 16.6. The Kier molecular flexibility index (Phi) is 5.59. The predicted octanol–water partition coefficient (Wildman–Crippen LogP) is 2.76. The number of piperazine rings is 1. The minimum Gasteiger partial charge on any atom is -0.493 e. The zero-order valence-electron chi connectivity index (χ0n) is 17.6. The zero-order valence-corrected chi connectivity index (χ0v) is 17.6. The molecular formula is C22H26N4O4. The fraction of sp³-hybridized carbons (Fsp3) is 0.409. The molecule has 0 bridgehead atoms. The average molecular weight is 410 g/mol. The van der Waals surface area contributed by atoms with E-state index in [1.54, 1.807) is 26.4 Å². The number of hydrogen-bond acceptors (Lipinski definition) is 7. The Labute approximate surface area is 175 Å². The third kappa shape index (κ3) is 3.70. The maximum absolute atomic E-state index is 11.5. The second-order valence-corrected chi connectivity index (χ2v) is 7.59. The van der Waals surface area contributed by atoms with Crippen molar-refractivity contribution < 1.29 is 14.4 Å². The number of anilines is 1. The standard InChI is InChI=1S/C22H26N4O4/c1-24-8-10-25(11-9-24)19-5-4-16(26(27)28)13-18(19)22-17-14-21(30-3)20(29-2)12-15(17)6-7-23-22/h4-5,12-14H,6-11H2,1-3H3. The average Bonchev–Trinajstić information content (AvgIpc) is 2.77. The molecule has 158 valence electrons. The van der Waals surface area contributed by atoms with Gasteiger partial charge in [-0.25, -0.2) is 0 Å². The van der Waals surface area contributed by atoms with Crippen molar-refractivity contribution in [1.29, 1.82) is 0 Å². The van der Waals surface area contributed by atoms with Crippen LogP contribution in [0.5, 0.6) is 11.5 Å². The molecule has 4 rings (SSSR count). The van der Waals surface area contributed by atoms with Gasteiger partial charge in [0, 0.05) is 61.7 Å². The molecule has 2 aromatic carbocycles. The van der Waals surface area contributed by atoms with Crippen molar-refractivity contribution in [2.45, 2.75) is 6.42 Å². The molecule has 2 heterocycles. The fourth-order valence-corrected chi connectivity index (χ4v) is 4.10. The number of nitrogens with zero attached hydrogens (tertiary/aromatic N) is 4. The predicted molar refractivity (Wildman–Crippen MR) is 117 cm³/mol. The van der Waals surface area contributed by atoms with Crippen LogP contribution in [0.3, 0.4) is 0 Å². The highest BCUT2D eigenvalue weighted by molar-refractivity contribution is 6.17. The van der Waals surface area contributed by atoms with Gasteiger partial charge in [-0.2, -0.15) is 0 Å². The second kappa shape index (κ2) is 8.31.